The van der Waals surface area contributed by atoms with Gasteiger partial charge in [-0.05, 0) is 32.0 Å². The molecule has 0 saturated heterocycles. The summed E-state index contributed by atoms with van der Waals surface area (Å²) in [4.78, 5) is 11.2. The first-order valence-corrected chi connectivity index (χ1v) is 5.91. The van der Waals surface area contributed by atoms with Crippen molar-refractivity contribution in [3.8, 4) is 5.75 Å². The highest BCUT2D eigenvalue weighted by atomic mass is 19.1. The Kier molecular flexibility index (Phi) is 3.52. The van der Waals surface area contributed by atoms with Crippen LogP contribution < -0.4 is 10.1 Å². The smallest absolute Gasteiger partial charge is 0.324 e. The molecule has 0 radical (unpaired) electrons. The number of rotatable bonds is 4. The van der Waals surface area contributed by atoms with Crippen LogP contribution in [-0.4, -0.2) is 29.8 Å². The molecule has 5 heteroatoms. The number of carboxylic acids is 1. The first kappa shape index (κ1) is 12.8. The Balaban J connectivity index is 2.06. The number of para-hydroxylation sites is 1. The van der Waals surface area contributed by atoms with Gasteiger partial charge in [0, 0.05) is 6.42 Å². The first-order valence-electron chi connectivity index (χ1n) is 5.91. The van der Waals surface area contributed by atoms with Crippen LogP contribution in [0.3, 0.4) is 0 Å². The SMILES string of the molecule is CNC1(C(=O)O)CCC(Oc2ccccc2F)C1. The Labute approximate surface area is 105 Å². The summed E-state index contributed by atoms with van der Waals surface area (Å²) in [5, 5.41) is 12.0. The molecule has 18 heavy (non-hydrogen) atoms. The van der Waals surface area contributed by atoms with E-state index in [0.29, 0.717) is 19.3 Å². The summed E-state index contributed by atoms with van der Waals surface area (Å²) in [7, 11) is 1.62. The summed E-state index contributed by atoms with van der Waals surface area (Å²) in [5.41, 5.74) is -0.948. The molecule has 0 heterocycles. The molecule has 0 bridgehead atoms. The predicted octanol–water partition coefficient (Wildman–Crippen LogP) is 1.80. The molecule has 1 aromatic rings. The van der Waals surface area contributed by atoms with Gasteiger partial charge in [-0.3, -0.25) is 4.79 Å². The zero-order valence-corrected chi connectivity index (χ0v) is 10.1. The molecule has 1 aromatic carbocycles. The van der Waals surface area contributed by atoms with Gasteiger partial charge < -0.3 is 15.2 Å². The maximum absolute atomic E-state index is 13.4. The Morgan fingerprint density at radius 3 is 2.83 bits per heavy atom. The Bertz CT molecular complexity index is 452. The van der Waals surface area contributed by atoms with E-state index in [4.69, 9.17) is 4.74 Å². The minimum Gasteiger partial charge on any atom is -0.487 e. The maximum atomic E-state index is 13.4. The lowest BCUT2D eigenvalue weighted by molar-refractivity contribution is -0.144. The van der Waals surface area contributed by atoms with E-state index >= 15 is 0 Å². The molecule has 0 aromatic heterocycles. The van der Waals surface area contributed by atoms with E-state index in [1.165, 1.54) is 6.07 Å². The monoisotopic (exact) mass is 253 g/mol. The predicted molar refractivity (Wildman–Crippen MR) is 64.1 cm³/mol. The van der Waals surface area contributed by atoms with E-state index < -0.39 is 17.3 Å². The third-order valence-electron chi connectivity index (χ3n) is 3.49. The van der Waals surface area contributed by atoms with Gasteiger partial charge in [0.25, 0.3) is 0 Å². The van der Waals surface area contributed by atoms with Crippen molar-refractivity contribution < 1.29 is 19.0 Å². The third kappa shape index (κ3) is 2.31. The number of likely N-dealkylation sites (N-methyl/N-ethyl adjacent to an activating group) is 1. The number of aliphatic carboxylic acids is 1. The molecule has 2 atom stereocenters. The minimum atomic E-state index is -0.948. The summed E-state index contributed by atoms with van der Waals surface area (Å²) < 4.78 is 19.0. The van der Waals surface area contributed by atoms with Gasteiger partial charge in [-0.2, -0.15) is 0 Å². The first-order chi connectivity index (χ1) is 8.57. The number of hydrogen-bond acceptors (Lipinski definition) is 3. The van der Waals surface area contributed by atoms with Crippen LogP contribution in [0.2, 0.25) is 0 Å². The van der Waals surface area contributed by atoms with E-state index in [0.717, 1.165) is 0 Å². The molecule has 0 spiro atoms. The number of hydrogen-bond donors (Lipinski definition) is 2. The zero-order chi connectivity index (χ0) is 13.2. The van der Waals surface area contributed by atoms with E-state index in [9.17, 15) is 14.3 Å². The standard InChI is InChI=1S/C13H16FNO3/c1-15-13(12(16)17)7-6-9(8-13)18-11-5-3-2-4-10(11)14/h2-5,9,15H,6-8H2,1H3,(H,16,17). The Morgan fingerprint density at radius 1 is 1.56 bits per heavy atom. The lowest BCUT2D eigenvalue weighted by atomic mass is 9.98. The highest BCUT2D eigenvalue weighted by Gasteiger charge is 2.45. The summed E-state index contributed by atoms with van der Waals surface area (Å²) >= 11 is 0. The largest absolute Gasteiger partial charge is 0.487 e. The molecule has 1 fully saturated rings. The van der Waals surface area contributed by atoms with Crippen molar-refractivity contribution >= 4 is 5.97 Å². The number of carboxylic acid groups (broad SMARTS) is 1. The van der Waals surface area contributed by atoms with Gasteiger partial charge in [0.05, 0.1) is 0 Å². The molecule has 4 nitrogen and oxygen atoms in total. The summed E-state index contributed by atoms with van der Waals surface area (Å²) in [6, 6.07) is 6.16. The molecular weight excluding hydrogens is 237 g/mol. The quantitative estimate of drug-likeness (QED) is 0.859. The zero-order valence-electron chi connectivity index (χ0n) is 10.1. The number of nitrogens with one attached hydrogen (secondary N) is 1. The van der Waals surface area contributed by atoms with Gasteiger partial charge in [0.1, 0.15) is 11.6 Å². The Hall–Kier alpha value is -1.62. The maximum Gasteiger partial charge on any atom is 0.324 e. The van der Waals surface area contributed by atoms with Crippen molar-refractivity contribution in [2.24, 2.45) is 0 Å². The molecule has 98 valence electrons. The molecule has 1 aliphatic rings. The molecule has 2 unspecified atom stereocenters. The highest BCUT2D eigenvalue weighted by Crippen LogP contribution is 2.33. The lowest BCUT2D eigenvalue weighted by Crippen LogP contribution is -2.48. The topological polar surface area (TPSA) is 58.6 Å². The molecule has 0 aliphatic heterocycles. The fourth-order valence-electron chi connectivity index (χ4n) is 2.35. The van der Waals surface area contributed by atoms with Crippen molar-refractivity contribution in [2.75, 3.05) is 7.05 Å². The number of benzene rings is 1. The molecule has 0 amide bonds. The van der Waals surface area contributed by atoms with Crippen LogP contribution in [0.4, 0.5) is 4.39 Å². The van der Waals surface area contributed by atoms with E-state index in [2.05, 4.69) is 5.32 Å². The van der Waals surface area contributed by atoms with Gasteiger partial charge in [0.15, 0.2) is 11.6 Å². The minimum absolute atomic E-state index is 0.180. The van der Waals surface area contributed by atoms with Gasteiger partial charge in [-0.1, -0.05) is 12.1 Å². The molecule has 1 saturated carbocycles. The van der Waals surface area contributed by atoms with Gasteiger partial charge in [0.2, 0.25) is 0 Å². The second-order valence-electron chi connectivity index (χ2n) is 4.55. The van der Waals surface area contributed by atoms with Crippen molar-refractivity contribution in [2.45, 2.75) is 30.9 Å². The normalized spacial score (nSPS) is 27.1. The van der Waals surface area contributed by atoms with Gasteiger partial charge >= 0.3 is 5.97 Å². The van der Waals surface area contributed by atoms with E-state index in [-0.39, 0.29) is 11.9 Å². The molecule has 2 rings (SSSR count). The van der Waals surface area contributed by atoms with Crippen LogP contribution in [0.25, 0.3) is 0 Å². The van der Waals surface area contributed by atoms with Crippen molar-refractivity contribution in [1.29, 1.82) is 0 Å². The fourth-order valence-corrected chi connectivity index (χ4v) is 2.35. The average molecular weight is 253 g/mol. The summed E-state index contributed by atoms with van der Waals surface area (Å²) in [5.74, 6) is -1.13. The van der Waals surface area contributed by atoms with Gasteiger partial charge in [-0.15, -0.1) is 0 Å². The molecule has 2 N–H and O–H groups in total. The Morgan fingerprint density at radius 2 is 2.28 bits per heavy atom. The molecular formula is C13H16FNO3. The van der Waals surface area contributed by atoms with Crippen molar-refractivity contribution in [1.82, 2.24) is 5.32 Å². The average Bonchev–Trinajstić information content (AvgIpc) is 2.77. The van der Waals surface area contributed by atoms with Crippen LogP contribution in [0, 0.1) is 5.82 Å². The lowest BCUT2D eigenvalue weighted by Gasteiger charge is -2.23. The van der Waals surface area contributed by atoms with Gasteiger partial charge in [-0.25, -0.2) is 4.39 Å². The third-order valence-corrected chi connectivity index (χ3v) is 3.49. The van der Waals surface area contributed by atoms with E-state index in [1.807, 2.05) is 0 Å². The van der Waals surface area contributed by atoms with Crippen molar-refractivity contribution in [3.63, 3.8) is 0 Å². The second kappa shape index (κ2) is 4.94. The number of ether oxygens (including phenoxy) is 1. The summed E-state index contributed by atoms with van der Waals surface area (Å²) in [6.07, 6.45) is 1.15. The van der Waals surface area contributed by atoms with Crippen LogP contribution in [-0.2, 0) is 4.79 Å². The van der Waals surface area contributed by atoms with Crippen LogP contribution in [0.1, 0.15) is 19.3 Å². The highest BCUT2D eigenvalue weighted by molar-refractivity contribution is 5.79. The van der Waals surface area contributed by atoms with Crippen molar-refractivity contribution in [3.05, 3.63) is 30.1 Å². The second-order valence-corrected chi connectivity index (χ2v) is 4.55. The summed E-state index contributed by atoms with van der Waals surface area (Å²) in [6.45, 7) is 0. The van der Waals surface area contributed by atoms with Crippen LogP contribution >= 0.6 is 0 Å². The number of halogens is 1. The molecule has 1 aliphatic carbocycles. The van der Waals surface area contributed by atoms with E-state index in [1.54, 1.807) is 25.2 Å². The van der Waals surface area contributed by atoms with Crippen LogP contribution in [0.5, 0.6) is 5.75 Å². The van der Waals surface area contributed by atoms with Crippen LogP contribution in [0.15, 0.2) is 24.3 Å². The fraction of sp³-hybridized carbons (Fsp3) is 0.462. The number of carbonyl (C=O) groups is 1.